The Hall–Kier alpha value is -1.55. The van der Waals surface area contributed by atoms with Crippen LogP contribution in [0.3, 0.4) is 0 Å². The van der Waals surface area contributed by atoms with Crippen LogP contribution in [0.25, 0.3) is 0 Å². The van der Waals surface area contributed by atoms with Gasteiger partial charge >= 0.3 is 0 Å². The minimum atomic E-state index is 0.103. The maximum Gasteiger partial charge on any atom is 0.223 e. The summed E-state index contributed by atoms with van der Waals surface area (Å²) in [4.78, 5) is 13.5. The van der Waals surface area contributed by atoms with Gasteiger partial charge in [-0.05, 0) is 17.7 Å². The first-order chi connectivity index (χ1) is 8.49. The third kappa shape index (κ3) is 5.19. The average molecular weight is 250 g/mol. The zero-order chi connectivity index (χ0) is 13.5. The van der Waals surface area contributed by atoms with E-state index in [1.54, 1.807) is 30.1 Å². The predicted molar refractivity (Wildman–Crippen MR) is 72.3 cm³/mol. The molecule has 1 rings (SSSR count). The number of benzene rings is 1. The van der Waals surface area contributed by atoms with Crippen LogP contribution in [0.15, 0.2) is 24.3 Å². The van der Waals surface area contributed by atoms with E-state index in [1.165, 1.54) is 0 Å². The molecule has 0 bridgehead atoms. The van der Waals surface area contributed by atoms with Crippen molar-refractivity contribution in [2.24, 2.45) is 0 Å². The molecule has 0 saturated carbocycles. The van der Waals surface area contributed by atoms with Gasteiger partial charge in [0.15, 0.2) is 0 Å². The van der Waals surface area contributed by atoms with Crippen LogP contribution in [0.2, 0.25) is 0 Å². The number of rotatable bonds is 6. The van der Waals surface area contributed by atoms with Crippen molar-refractivity contribution in [1.82, 2.24) is 10.2 Å². The largest absolute Gasteiger partial charge is 0.508 e. The molecule has 18 heavy (non-hydrogen) atoms. The SMILES string of the molecule is CC(C)NCCC(=O)N(C)Cc1cccc(O)c1. The first kappa shape index (κ1) is 14.5. The Bertz CT molecular complexity index is 391. The fourth-order valence-electron chi connectivity index (χ4n) is 1.68. The van der Waals surface area contributed by atoms with Gasteiger partial charge in [0.1, 0.15) is 5.75 Å². The molecular formula is C14H22N2O2. The summed E-state index contributed by atoms with van der Waals surface area (Å²) in [6.45, 7) is 5.33. The van der Waals surface area contributed by atoms with E-state index in [2.05, 4.69) is 19.2 Å². The Balaban J connectivity index is 2.40. The molecule has 0 saturated heterocycles. The number of amides is 1. The van der Waals surface area contributed by atoms with Crippen molar-refractivity contribution in [1.29, 1.82) is 0 Å². The van der Waals surface area contributed by atoms with Crippen LogP contribution in [0.5, 0.6) is 5.75 Å². The van der Waals surface area contributed by atoms with E-state index < -0.39 is 0 Å². The lowest BCUT2D eigenvalue weighted by atomic mass is 10.2. The molecule has 4 nitrogen and oxygen atoms in total. The molecule has 0 heterocycles. The molecule has 0 aliphatic heterocycles. The van der Waals surface area contributed by atoms with E-state index in [0.717, 1.165) is 5.56 Å². The Labute approximate surface area is 109 Å². The highest BCUT2D eigenvalue weighted by Gasteiger charge is 2.09. The maximum absolute atomic E-state index is 11.8. The molecule has 0 radical (unpaired) electrons. The van der Waals surface area contributed by atoms with Crippen LogP contribution in [-0.4, -0.2) is 35.5 Å². The monoisotopic (exact) mass is 250 g/mol. The standard InChI is InChI=1S/C14H22N2O2/c1-11(2)15-8-7-14(18)16(3)10-12-5-4-6-13(17)9-12/h4-6,9,11,15,17H,7-8,10H2,1-3H3. The molecule has 0 atom stereocenters. The van der Waals surface area contributed by atoms with Crippen molar-refractivity contribution in [3.8, 4) is 5.75 Å². The van der Waals surface area contributed by atoms with Gasteiger partial charge in [-0.1, -0.05) is 26.0 Å². The lowest BCUT2D eigenvalue weighted by Crippen LogP contribution is -2.31. The van der Waals surface area contributed by atoms with Crippen molar-refractivity contribution in [3.05, 3.63) is 29.8 Å². The minimum Gasteiger partial charge on any atom is -0.508 e. The molecule has 1 aromatic carbocycles. The van der Waals surface area contributed by atoms with Crippen molar-refractivity contribution >= 4 is 5.91 Å². The Morgan fingerprint density at radius 1 is 1.44 bits per heavy atom. The summed E-state index contributed by atoms with van der Waals surface area (Å²) in [5.74, 6) is 0.335. The second-order valence-electron chi connectivity index (χ2n) is 4.78. The zero-order valence-corrected chi connectivity index (χ0v) is 11.3. The molecule has 1 amide bonds. The number of carbonyl (C=O) groups is 1. The first-order valence-corrected chi connectivity index (χ1v) is 6.24. The lowest BCUT2D eigenvalue weighted by Gasteiger charge is -2.18. The van der Waals surface area contributed by atoms with E-state index in [1.807, 2.05) is 6.07 Å². The summed E-state index contributed by atoms with van der Waals surface area (Å²) < 4.78 is 0. The van der Waals surface area contributed by atoms with Crippen LogP contribution in [0, 0.1) is 0 Å². The highest BCUT2D eigenvalue weighted by molar-refractivity contribution is 5.76. The average Bonchev–Trinajstić information content (AvgIpc) is 2.28. The maximum atomic E-state index is 11.8. The first-order valence-electron chi connectivity index (χ1n) is 6.24. The summed E-state index contributed by atoms with van der Waals surface area (Å²) in [6, 6.07) is 7.38. The molecule has 0 spiro atoms. The molecular weight excluding hydrogens is 228 g/mol. The topological polar surface area (TPSA) is 52.6 Å². The number of hydrogen-bond donors (Lipinski definition) is 2. The van der Waals surface area contributed by atoms with Crippen LogP contribution in [-0.2, 0) is 11.3 Å². The van der Waals surface area contributed by atoms with Crippen LogP contribution < -0.4 is 5.32 Å². The van der Waals surface area contributed by atoms with Gasteiger partial charge in [-0.2, -0.15) is 0 Å². The van der Waals surface area contributed by atoms with Crippen molar-refractivity contribution in [2.75, 3.05) is 13.6 Å². The molecule has 0 unspecified atom stereocenters. The summed E-state index contributed by atoms with van der Waals surface area (Å²) >= 11 is 0. The summed E-state index contributed by atoms with van der Waals surface area (Å²) in [6.07, 6.45) is 0.494. The second-order valence-corrected chi connectivity index (χ2v) is 4.78. The smallest absolute Gasteiger partial charge is 0.223 e. The molecule has 0 aliphatic carbocycles. The van der Waals surface area contributed by atoms with Gasteiger partial charge in [0, 0.05) is 32.6 Å². The molecule has 2 N–H and O–H groups in total. The number of nitrogens with zero attached hydrogens (tertiary/aromatic N) is 1. The van der Waals surface area contributed by atoms with Gasteiger partial charge in [0.2, 0.25) is 5.91 Å². The predicted octanol–water partition coefficient (Wildman–Crippen LogP) is 1.74. The molecule has 100 valence electrons. The number of nitrogens with one attached hydrogen (secondary N) is 1. The van der Waals surface area contributed by atoms with Gasteiger partial charge < -0.3 is 15.3 Å². The third-order valence-corrected chi connectivity index (χ3v) is 2.65. The normalized spacial score (nSPS) is 10.7. The third-order valence-electron chi connectivity index (χ3n) is 2.65. The van der Waals surface area contributed by atoms with Crippen molar-refractivity contribution in [2.45, 2.75) is 32.9 Å². The number of phenolic OH excluding ortho intramolecular Hbond substituents is 1. The highest BCUT2D eigenvalue weighted by Crippen LogP contribution is 2.12. The van der Waals surface area contributed by atoms with Gasteiger partial charge in [-0.15, -0.1) is 0 Å². The quantitative estimate of drug-likeness (QED) is 0.808. The van der Waals surface area contributed by atoms with Gasteiger partial charge in [0.05, 0.1) is 0 Å². The van der Waals surface area contributed by atoms with Crippen LogP contribution >= 0.6 is 0 Å². The van der Waals surface area contributed by atoms with Crippen LogP contribution in [0.4, 0.5) is 0 Å². The van der Waals surface area contributed by atoms with Crippen molar-refractivity contribution in [3.63, 3.8) is 0 Å². The number of carbonyl (C=O) groups excluding carboxylic acids is 1. The van der Waals surface area contributed by atoms with E-state index >= 15 is 0 Å². The fraction of sp³-hybridized carbons (Fsp3) is 0.500. The van der Waals surface area contributed by atoms with E-state index in [-0.39, 0.29) is 11.7 Å². The fourth-order valence-corrected chi connectivity index (χ4v) is 1.68. The van der Waals surface area contributed by atoms with Gasteiger partial charge in [-0.25, -0.2) is 0 Å². The molecule has 1 aromatic rings. The molecule has 0 fully saturated rings. The molecule has 0 aliphatic rings. The Morgan fingerprint density at radius 3 is 2.78 bits per heavy atom. The summed E-state index contributed by atoms with van der Waals surface area (Å²) in [5.41, 5.74) is 0.933. The van der Waals surface area contributed by atoms with E-state index in [4.69, 9.17) is 0 Å². The summed E-state index contributed by atoms with van der Waals surface area (Å²) in [7, 11) is 1.78. The highest BCUT2D eigenvalue weighted by atomic mass is 16.3. The van der Waals surface area contributed by atoms with Crippen LogP contribution in [0.1, 0.15) is 25.8 Å². The number of hydrogen-bond acceptors (Lipinski definition) is 3. The Kier molecular flexibility index (Phi) is 5.65. The summed E-state index contributed by atoms with van der Waals surface area (Å²) in [5, 5.41) is 12.6. The van der Waals surface area contributed by atoms with Crippen molar-refractivity contribution < 1.29 is 9.90 Å². The lowest BCUT2D eigenvalue weighted by molar-refractivity contribution is -0.130. The Morgan fingerprint density at radius 2 is 2.17 bits per heavy atom. The zero-order valence-electron chi connectivity index (χ0n) is 11.3. The number of phenols is 1. The second kappa shape index (κ2) is 7.01. The molecule has 4 heteroatoms. The van der Waals surface area contributed by atoms with Gasteiger partial charge in [0.25, 0.3) is 0 Å². The molecule has 0 aromatic heterocycles. The van der Waals surface area contributed by atoms with E-state index in [0.29, 0.717) is 25.6 Å². The van der Waals surface area contributed by atoms with Gasteiger partial charge in [-0.3, -0.25) is 4.79 Å². The van der Waals surface area contributed by atoms with E-state index in [9.17, 15) is 9.90 Å². The number of aromatic hydroxyl groups is 1. The minimum absolute atomic E-state index is 0.103.